The van der Waals surface area contributed by atoms with Crippen LogP contribution >= 0.6 is 0 Å². The van der Waals surface area contributed by atoms with E-state index in [2.05, 4.69) is 16.0 Å². The minimum Gasteiger partial charge on any atom is -0.480 e. The van der Waals surface area contributed by atoms with E-state index in [-0.39, 0.29) is 12.3 Å². The third-order valence-electron chi connectivity index (χ3n) is 5.44. The van der Waals surface area contributed by atoms with Crippen molar-refractivity contribution in [2.45, 2.75) is 89.0 Å². The van der Waals surface area contributed by atoms with Gasteiger partial charge < -0.3 is 37.0 Å². The van der Waals surface area contributed by atoms with Crippen molar-refractivity contribution in [1.29, 1.82) is 0 Å². The van der Waals surface area contributed by atoms with Crippen molar-refractivity contribution in [2.75, 3.05) is 6.54 Å². The summed E-state index contributed by atoms with van der Waals surface area (Å²) in [4.78, 5) is 56.2. The van der Waals surface area contributed by atoms with E-state index in [1.165, 1.54) is 6.92 Å². The minimum atomic E-state index is -5.08. The molecule has 8 N–H and O–H groups in total. The SMILES string of the molecule is C[C@@H](NC(=O)[C@@H](CC1CCCCC1)NC(=O)N[C@@H](CCCCN)C(=O)O)C(=O)O.O=C(O)C(F)(F)F. The smallest absolute Gasteiger partial charge is 0.480 e. The molecule has 0 saturated heterocycles. The summed E-state index contributed by atoms with van der Waals surface area (Å²) < 4.78 is 31.7. The fourth-order valence-corrected chi connectivity index (χ4v) is 3.47. The Hall–Kier alpha value is -3.10. The standard InChI is InChI=1S/C19H34N4O6.C2HF3O2/c1-12(17(25)26)21-16(24)15(11-13-7-3-2-4-8-13)23-19(29)22-14(18(27)28)9-5-6-10-20;3-2(4,5)1(6)7/h12-15H,2-11,20H2,1H3,(H,21,24)(H,25,26)(H,27,28)(H2,22,23,29);(H,6,7)/t12-,14+,15-;/m1./s1. The van der Waals surface area contributed by atoms with E-state index in [1.807, 2.05) is 0 Å². The van der Waals surface area contributed by atoms with Crippen LogP contribution in [0.5, 0.6) is 0 Å². The van der Waals surface area contributed by atoms with Gasteiger partial charge in [-0.25, -0.2) is 14.4 Å². The fraction of sp³-hybridized carbons (Fsp3) is 0.762. The van der Waals surface area contributed by atoms with Gasteiger partial charge in [0.1, 0.15) is 18.1 Å². The zero-order valence-electron chi connectivity index (χ0n) is 20.0. The molecule has 0 aliphatic heterocycles. The normalized spacial score (nSPS) is 16.4. The zero-order chi connectivity index (χ0) is 27.9. The van der Waals surface area contributed by atoms with Gasteiger partial charge in [-0.1, -0.05) is 32.1 Å². The number of urea groups is 1. The van der Waals surface area contributed by atoms with Crippen molar-refractivity contribution in [1.82, 2.24) is 16.0 Å². The predicted octanol–water partition coefficient (Wildman–Crippen LogP) is 1.43. The van der Waals surface area contributed by atoms with Gasteiger partial charge in [-0.3, -0.25) is 9.59 Å². The summed E-state index contributed by atoms with van der Waals surface area (Å²) in [6.07, 6.45) is 1.86. The average Bonchev–Trinajstić information content (AvgIpc) is 2.78. The van der Waals surface area contributed by atoms with Crippen molar-refractivity contribution in [3.05, 3.63) is 0 Å². The summed E-state index contributed by atoms with van der Waals surface area (Å²) in [5, 5.41) is 32.7. The first-order chi connectivity index (χ1) is 16.7. The number of halogens is 3. The number of hydrogen-bond acceptors (Lipinski definition) is 6. The monoisotopic (exact) mass is 528 g/mol. The molecule has 3 atom stereocenters. The Morgan fingerprint density at radius 1 is 0.889 bits per heavy atom. The molecule has 36 heavy (non-hydrogen) atoms. The minimum absolute atomic E-state index is 0.232. The topological polar surface area (TPSA) is 208 Å². The molecule has 1 aliphatic rings. The Bertz CT molecular complexity index is 745. The number of carbonyl (C=O) groups excluding carboxylic acids is 2. The number of amides is 3. The Morgan fingerprint density at radius 2 is 1.42 bits per heavy atom. The highest BCUT2D eigenvalue weighted by molar-refractivity contribution is 5.90. The van der Waals surface area contributed by atoms with E-state index in [9.17, 15) is 37.5 Å². The van der Waals surface area contributed by atoms with Gasteiger partial charge in [-0.15, -0.1) is 0 Å². The van der Waals surface area contributed by atoms with Gasteiger partial charge in [0, 0.05) is 0 Å². The molecule has 0 unspecified atom stereocenters. The van der Waals surface area contributed by atoms with E-state index in [0.717, 1.165) is 32.1 Å². The number of carboxylic acid groups (broad SMARTS) is 3. The van der Waals surface area contributed by atoms with Crippen LogP contribution in [-0.4, -0.2) is 76.0 Å². The number of unbranched alkanes of at least 4 members (excludes halogenated alkanes) is 1. The molecule has 15 heteroatoms. The second-order valence-electron chi connectivity index (χ2n) is 8.46. The second-order valence-corrected chi connectivity index (χ2v) is 8.46. The Kier molecular flexibility index (Phi) is 15.1. The summed E-state index contributed by atoms with van der Waals surface area (Å²) >= 11 is 0. The zero-order valence-corrected chi connectivity index (χ0v) is 20.0. The fourth-order valence-electron chi connectivity index (χ4n) is 3.47. The van der Waals surface area contributed by atoms with Gasteiger partial charge >= 0.3 is 30.1 Å². The van der Waals surface area contributed by atoms with Gasteiger partial charge in [-0.2, -0.15) is 13.2 Å². The molecule has 0 aromatic carbocycles. The molecule has 1 aliphatic carbocycles. The predicted molar refractivity (Wildman–Crippen MR) is 120 cm³/mol. The molecule has 1 fully saturated rings. The molecule has 0 aromatic rings. The molecular formula is C21H35F3N4O8. The Morgan fingerprint density at radius 3 is 1.86 bits per heavy atom. The molecule has 0 aromatic heterocycles. The maximum Gasteiger partial charge on any atom is 0.490 e. The first kappa shape index (κ1) is 32.9. The average molecular weight is 529 g/mol. The number of nitrogens with two attached hydrogens (primary N) is 1. The molecule has 1 rings (SSSR count). The third kappa shape index (κ3) is 14.3. The van der Waals surface area contributed by atoms with Crippen molar-refractivity contribution >= 4 is 29.8 Å². The molecule has 0 heterocycles. The van der Waals surface area contributed by atoms with Gasteiger partial charge in [0.2, 0.25) is 5.91 Å². The third-order valence-corrected chi connectivity index (χ3v) is 5.44. The highest BCUT2D eigenvalue weighted by atomic mass is 19.4. The van der Waals surface area contributed by atoms with Gasteiger partial charge in [0.05, 0.1) is 0 Å². The maximum atomic E-state index is 12.6. The summed E-state index contributed by atoms with van der Waals surface area (Å²) in [5.74, 6) is -5.43. The Labute approximate surface area is 206 Å². The summed E-state index contributed by atoms with van der Waals surface area (Å²) in [7, 11) is 0. The van der Waals surface area contributed by atoms with E-state index < -0.39 is 54.1 Å². The lowest BCUT2D eigenvalue weighted by Crippen LogP contribution is -2.55. The lowest BCUT2D eigenvalue weighted by Gasteiger charge is -2.27. The molecule has 208 valence electrons. The van der Waals surface area contributed by atoms with Crippen LogP contribution in [0.15, 0.2) is 0 Å². The van der Waals surface area contributed by atoms with Crippen LogP contribution in [0.25, 0.3) is 0 Å². The first-order valence-electron chi connectivity index (χ1n) is 11.5. The van der Waals surface area contributed by atoms with Gasteiger partial charge in [0.25, 0.3) is 0 Å². The lowest BCUT2D eigenvalue weighted by atomic mass is 9.84. The van der Waals surface area contributed by atoms with Crippen molar-refractivity contribution in [3.8, 4) is 0 Å². The van der Waals surface area contributed by atoms with Crippen molar-refractivity contribution in [2.24, 2.45) is 11.7 Å². The Balaban J connectivity index is 0.00000152. The van der Waals surface area contributed by atoms with E-state index in [0.29, 0.717) is 25.8 Å². The number of rotatable bonds is 12. The number of hydrogen-bond donors (Lipinski definition) is 7. The maximum absolute atomic E-state index is 12.6. The second kappa shape index (κ2) is 16.5. The lowest BCUT2D eigenvalue weighted by molar-refractivity contribution is -0.192. The van der Waals surface area contributed by atoms with E-state index in [1.54, 1.807) is 0 Å². The number of carboxylic acids is 3. The van der Waals surface area contributed by atoms with Crippen LogP contribution in [0.3, 0.4) is 0 Å². The quantitative estimate of drug-likeness (QED) is 0.182. The first-order valence-corrected chi connectivity index (χ1v) is 11.5. The van der Waals surface area contributed by atoms with Crippen LogP contribution < -0.4 is 21.7 Å². The molecule has 1 saturated carbocycles. The number of nitrogens with one attached hydrogen (secondary N) is 3. The summed E-state index contributed by atoms with van der Waals surface area (Å²) in [6, 6.07) is -3.87. The van der Waals surface area contributed by atoms with Crippen LogP contribution in [0.2, 0.25) is 0 Å². The molecule has 12 nitrogen and oxygen atoms in total. The molecule has 0 bridgehead atoms. The molecule has 0 radical (unpaired) electrons. The highest BCUT2D eigenvalue weighted by Crippen LogP contribution is 2.27. The number of carbonyl (C=O) groups is 5. The van der Waals surface area contributed by atoms with Crippen LogP contribution in [0.1, 0.15) is 64.7 Å². The van der Waals surface area contributed by atoms with Crippen LogP contribution in [-0.2, 0) is 19.2 Å². The van der Waals surface area contributed by atoms with E-state index >= 15 is 0 Å². The molecular weight excluding hydrogens is 493 g/mol. The van der Waals surface area contributed by atoms with Crippen LogP contribution in [0, 0.1) is 5.92 Å². The molecule has 0 spiro atoms. The number of aliphatic carboxylic acids is 3. The number of alkyl halides is 3. The summed E-state index contributed by atoms with van der Waals surface area (Å²) in [5.41, 5.74) is 5.41. The summed E-state index contributed by atoms with van der Waals surface area (Å²) in [6.45, 7) is 1.78. The van der Waals surface area contributed by atoms with Gasteiger partial charge in [0.15, 0.2) is 0 Å². The molecule has 3 amide bonds. The van der Waals surface area contributed by atoms with Crippen LogP contribution in [0.4, 0.5) is 18.0 Å². The highest BCUT2D eigenvalue weighted by Gasteiger charge is 2.38. The van der Waals surface area contributed by atoms with Gasteiger partial charge in [-0.05, 0) is 45.1 Å². The van der Waals surface area contributed by atoms with Crippen molar-refractivity contribution < 1.29 is 52.5 Å². The van der Waals surface area contributed by atoms with Crippen molar-refractivity contribution in [3.63, 3.8) is 0 Å². The largest absolute Gasteiger partial charge is 0.490 e. The van der Waals surface area contributed by atoms with E-state index in [4.69, 9.17) is 20.7 Å².